The monoisotopic (exact) mass is 428 g/mol. The number of halogens is 1. The van der Waals surface area contributed by atoms with Crippen molar-refractivity contribution in [3.63, 3.8) is 0 Å². The molecule has 3 amide bonds. The summed E-state index contributed by atoms with van der Waals surface area (Å²) in [6, 6.07) is 9.39. The van der Waals surface area contributed by atoms with E-state index in [1.807, 2.05) is 32.9 Å². The van der Waals surface area contributed by atoms with Gasteiger partial charge in [0.2, 0.25) is 17.7 Å². The molecule has 0 bridgehead atoms. The van der Waals surface area contributed by atoms with Crippen LogP contribution in [0, 0.1) is 26.6 Å². The highest BCUT2D eigenvalue weighted by Crippen LogP contribution is 2.22. The topological polar surface area (TPSA) is 95.7 Å². The summed E-state index contributed by atoms with van der Waals surface area (Å²) in [5.41, 5.74) is 9.50. The van der Waals surface area contributed by atoms with Crippen LogP contribution in [0.15, 0.2) is 36.4 Å². The van der Waals surface area contributed by atoms with Crippen LogP contribution in [0.3, 0.4) is 0 Å². The predicted octanol–water partition coefficient (Wildman–Crippen LogP) is 2.53. The molecule has 0 heterocycles. The van der Waals surface area contributed by atoms with Gasteiger partial charge in [0.1, 0.15) is 5.82 Å². The molecule has 0 radical (unpaired) electrons. The number of amides is 3. The van der Waals surface area contributed by atoms with E-state index in [0.29, 0.717) is 5.69 Å². The first-order valence-corrected chi connectivity index (χ1v) is 9.97. The molecular weight excluding hydrogens is 399 g/mol. The number of primary amides is 1. The Kier molecular flexibility index (Phi) is 8.27. The van der Waals surface area contributed by atoms with E-state index in [1.54, 1.807) is 11.9 Å². The molecule has 0 unspecified atom stereocenters. The van der Waals surface area contributed by atoms with E-state index in [-0.39, 0.29) is 37.9 Å². The lowest BCUT2D eigenvalue weighted by molar-refractivity contribution is -0.121. The van der Waals surface area contributed by atoms with Crippen molar-refractivity contribution in [2.75, 3.05) is 36.9 Å². The van der Waals surface area contributed by atoms with Crippen molar-refractivity contribution in [2.45, 2.75) is 27.2 Å². The summed E-state index contributed by atoms with van der Waals surface area (Å²) in [6.07, 6.45) is -0.0285. The van der Waals surface area contributed by atoms with Crippen LogP contribution in [-0.4, -0.2) is 49.3 Å². The van der Waals surface area contributed by atoms with Gasteiger partial charge in [-0.15, -0.1) is 0 Å². The van der Waals surface area contributed by atoms with Crippen molar-refractivity contribution in [2.24, 2.45) is 5.73 Å². The van der Waals surface area contributed by atoms with Gasteiger partial charge in [0.05, 0.1) is 13.1 Å². The molecule has 7 nitrogen and oxygen atoms in total. The summed E-state index contributed by atoms with van der Waals surface area (Å²) in [7, 11) is 1.66. The molecule has 0 spiro atoms. The van der Waals surface area contributed by atoms with Gasteiger partial charge in [0.15, 0.2) is 0 Å². The minimum Gasteiger partial charge on any atom is -0.370 e. The van der Waals surface area contributed by atoms with Gasteiger partial charge in [-0.2, -0.15) is 0 Å². The molecule has 2 aromatic carbocycles. The van der Waals surface area contributed by atoms with Crippen molar-refractivity contribution in [3.05, 3.63) is 58.9 Å². The van der Waals surface area contributed by atoms with Crippen molar-refractivity contribution >= 4 is 29.1 Å². The maximum atomic E-state index is 13.2. The second-order valence-electron chi connectivity index (χ2n) is 7.73. The van der Waals surface area contributed by atoms with Gasteiger partial charge in [-0.3, -0.25) is 19.3 Å². The van der Waals surface area contributed by atoms with Crippen LogP contribution in [0.25, 0.3) is 0 Å². The highest BCUT2D eigenvalue weighted by molar-refractivity contribution is 5.97. The largest absolute Gasteiger partial charge is 0.370 e. The smallest absolute Gasteiger partial charge is 0.241 e. The zero-order valence-corrected chi connectivity index (χ0v) is 18.4. The quantitative estimate of drug-likeness (QED) is 0.642. The standard InChI is InChI=1S/C23H29FN4O3/c1-15-11-16(2)23(17(3)12-15)26-21(30)13-27(4)14-22(31)28(10-9-20(25)29)19-7-5-18(24)6-8-19/h5-8,11-12H,9-10,13-14H2,1-4H3,(H2,25,29)(H,26,30). The molecule has 0 atom stereocenters. The molecule has 8 heteroatoms. The molecule has 0 fully saturated rings. The van der Waals surface area contributed by atoms with Crippen LogP contribution in [0.5, 0.6) is 0 Å². The average molecular weight is 429 g/mol. The molecule has 0 aliphatic carbocycles. The predicted molar refractivity (Wildman–Crippen MR) is 119 cm³/mol. The van der Waals surface area contributed by atoms with Gasteiger partial charge in [0.25, 0.3) is 0 Å². The number of hydrogen-bond acceptors (Lipinski definition) is 4. The Bertz CT molecular complexity index is 937. The number of rotatable bonds is 9. The van der Waals surface area contributed by atoms with Crippen LogP contribution in [0.2, 0.25) is 0 Å². The Morgan fingerprint density at radius 3 is 2.13 bits per heavy atom. The molecule has 0 aromatic heterocycles. The van der Waals surface area contributed by atoms with Gasteiger partial charge < -0.3 is 16.0 Å². The Morgan fingerprint density at radius 2 is 1.58 bits per heavy atom. The number of nitrogens with zero attached hydrogens (tertiary/aromatic N) is 2. The lowest BCUT2D eigenvalue weighted by atomic mass is 10.1. The molecule has 0 aliphatic heterocycles. The average Bonchev–Trinajstić information content (AvgIpc) is 2.65. The summed E-state index contributed by atoms with van der Waals surface area (Å²) in [6.45, 7) is 5.88. The fourth-order valence-corrected chi connectivity index (χ4v) is 3.41. The lowest BCUT2D eigenvalue weighted by Crippen LogP contribution is -2.42. The van der Waals surface area contributed by atoms with Crippen LogP contribution in [0.1, 0.15) is 23.1 Å². The van der Waals surface area contributed by atoms with Crippen LogP contribution < -0.4 is 16.0 Å². The molecule has 166 valence electrons. The van der Waals surface area contributed by atoms with E-state index in [4.69, 9.17) is 5.73 Å². The van der Waals surface area contributed by atoms with E-state index < -0.39 is 11.7 Å². The number of likely N-dealkylation sites (N-methyl/N-ethyl adjacent to an activating group) is 1. The molecule has 0 saturated heterocycles. The second-order valence-corrected chi connectivity index (χ2v) is 7.73. The molecule has 3 N–H and O–H groups in total. The van der Waals surface area contributed by atoms with E-state index in [2.05, 4.69) is 5.32 Å². The van der Waals surface area contributed by atoms with Crippen LogP contribution in [0.4, 0.5) is 15.8 Å². The van der Waals surface area contributed by atoms with Crippen LogP contribution in [-0.2, 0) is 14.4 Å². The number of hydrogen-bond donors (Lipinski definition) is 2. The third-order valence-corrected chi connectivity index (χ3v) is 4.78. The van der Waals surface area contributed by atoms with Crippen molar-refractivity contribution in [3.8, 4) is 0 Å². The first kappa shape index (κ1) is 24.0. The first-order valence-electron chi connectivity index (χ1n) is 9.97. The third-order valence-electron chi connectivity index (χ3n) is 4.78. The Balaban J connectivity index is 2.03. The molecule has 0 saturated carbocycles. The maximum Gasteiger partial charge on any atom is 0.241 e. The molecule has 2 aromatic rings. The second kappa shape index (κ2) is 10.7. The van der Waals surface area contributed by atoms with Crippen molar-refractivity contribution in [1.29, 1.82) is 0 Å². The molecule has 2 rings (SSSR count). The summed E-state index contributed by atoms with van der Waals surface area (Å²) < 4.78 is 13.2. The van der Waals surface area contributed by atoms with Crippen molar-refractivity contribution in [1.82, 2.24) is 4.90 Å². The SMILES string of the molecule is Cc1cc(C)c(NC(=O)CN(C)CC(=O)N(CCC(N)=O)c2ccc(F)cc2)c(C)c1. The lowest BCUT2D eigenvalue weighted by Gasteiger charge is -2.25. The van der Waals surface area contributed by atoms with E-state index in [0.717, 1.165) is 22.4 Å². The van der Waals surface area contributed by atoms with Crippen molar-refractivity contribution < 1.29 is 18.8 Å². The highest BCUT2D eigenvalue weighted by Gasteiger charge is 2.20. The molecule has 31 heavy (non-hydrogen) atoms. The zero-order valence-electron chi connectivity index (χ0n) is 18.4. The Morgan fingerprint density at radius 1 is 1.00 bits per heavy atom. The van der Waals surface area contributed by atoms with Gasteiger partial charge in [-0.25, -0.2) is 4.39 Å². The number of aryl methyl sites for hydroxylation is 3. The number of nitrogens with two attached hydrogens (primary N) is 1. The fraction of sp³-hybridized carbons (Fsp3) is 0.348. The van der Waals surface area contributed by atoms with Gasteiger partial charge in [0, 0.05) is 24.3 Å². The minimum atomic E-state index is -0.545. The van der Waals surface area contributed by atoms with Gasteiger partial charge in [-0.05, 0) is 63.2 Å². The normalized spacial score (nSPS) is 10.8. The summed E-state index contributed by atoms with van der Waals surface area (Å²) in [5, 5.41) is 2.91. The fourth-order valence-electron chi connectivity index (χ4n) is 3.41. The number of anilines is 2. The summed E-state index contributed by atoms with van der Waals surface area (Å²) >= 11 is 0. The maximum absolute atomic E-state index is 13.2. The zero-order chi connectivity index (χ0) is 23.1. The molecule has 0 aliphatic rings. The number of carbonyl (C=O) groups excluding carboxylic acids is 3. The number of benzene rings is 2. The Labute approximate surface area is 182 Å². The molecular formula is C23H29FN4O3. The number of nitrogens with one attached hydrogen (secondary N) is 1. The van der Waals surface area contributed by atoms with E-state index >= 15 is 0 Å². The Hall–Kier alpha value is -3.26. The van der Waals surface area contributed by atoms with E-state index in [9.17, 15) is 18.8 Å². The highest BCUT2D eigenvalue weighted by atomic mass is 19.1. The van der Waals surface area contributed by atoms with Crippen LogP contribution >= 0.6 is 0 Å². The first-order chi connectivity index (χ1) is 14.6. The summed E-state index contributed by atoms with van der Waals surface area (Å²) in [5.74, 6) is -1.54. The van der Waals surface area contributed by atoms with Gasteiger partial charge >= 0.3 is 0 Å². The van der Waals surface area contributed by atoms with Gasteiger partial charge in [-0.1, -0.05) is 17.7 Å². The number of carbonyl (C=O) groups is 3. The van der Waals surface area contributed by atoms with E-state index in [1.165, 1.54) is 29.2 Å². The third kappa shape index (κ3) is 7.18. The minimum absolute atomic E-state index is 0.00553. The summed E-state index contributed by atoms with van der Waals surface area (Å²) in [4.78, 5) is 39.5.